The maximum Gasteiger partial charge on any atom is 0.225 e. The van der Waals surface area contributed by atoms with Gasteiger partial charge in [-0.05, 0) is 76.0 Å². The minimum absolute atomic E-state index is 0.0570. The van der Waals surface area contributed by atoms with Gasteiger partial charge in [0.1, 0.15) is 11.5 Å². The second-order valence-electron chi connectivity index (χ2n) is 13.9. The quantitative estimate of drug-likeness (QED) is 0.313. The molecule has 0 bridgehead atoms. The molecule has 1 saturated heterocycles. The van der Waals surface area contributed by atoms with Crippen LogP contribution in [0.2, 0.25) is 0 Å². The van der Waals surface area contributed by atoms with Crippen LogP contribution in [0.4, 0.5) is 11.6 Å². The van der Waals surface area contributed by atoms with E-state index in [0.29, 0.717) is 34.4 Å². The first-order valence-electron chi connectivity index (χ1n) is 16.6. The Bertz CT molecular complexity index is 1710. The molecule has 0 radical (unpaired) electrons. The molecule has 2 saturated carbocycles. The van der Waals surface area contributed by atoms with Gasteiger partial charge in [0.2, 0.25) is 5.95 Å². The first kappa shape index (κ1) is 28.4. The van der Waals surface area contributed by atoms with Crippen molar-refractivity contribution in [2.45, 2.75) is 70.9 Å². The molecule has 4 aromatic rings. The number of piperazine rings is 1. The molecule has 0 amide bonds. The number of H-pyrrole nitrogens is 1. The summed E-state index contributed by atoms with van der Waals surface area (Å²) in [6, 6.07) is 10.0. The summed E-state index contributed by atoms with van der Waals surface area (Å²) in [5.74, 6) is 1.64. The van der Waals surface area contributed by atoms with Gasteiger partial charge >= 0.3 is 0 Å². The molecular formula is C35H42N8O2. The molecule has 10 nitrogen and oxygen atoms in total. The highest BCUT2D eigenvalue weighted by atomic mass is 16.3. The number of benzene rings is 1. The maximum absolute atomic E-state index is 11.8. The lowest BCUT2D eigenvalue weighted by atomic mass is 9.56. The van der Waals surface area contributed by atoms with Crippen LogP contribution < -0.4 is 9.80 Å². The summed E-state index contributed by atoms with van der Waals surface area (Å²) in [6.45, 7) is 8.94. The number of aromatic hydroxyl groups is 1. The molecule has 2 aliphatic carbocycles. The van der Waals surface area contributed by atoms with Crippen LogP contribution in [0.1, 0.15) is 69.7 Å². The van der Waals surface area contributed by atoms with Crippen LogP contribution in [0.15, 0.2) is 42.7 Å². The maximum atomic E-state index is 11.8. The number of ketones is 1. The molecule has 234 valence electrons. The summed E-state index contributed by atoms with van der Waals surface area (Å²) in [4.78, 5) is 32.4. The fourth-order valence-electron chi connectivity index (χ4n) is 8.63. The molecule has 4 aliphatic rings. The van der Waals surface area contributed by atoms with Gasteiger partial charge in [-0.25, -0.2) is 9.97 Å². The number of phenols is 1. The van der Waals surface area contributed by atoms with E-state index in [4.69, 9.17) is 9.97 Å². The summed E-state index contributed by atoms with van der Waals surface area (Å²) in [6.07, 6.45) is 12.1. The summed E-state index contributed by atoms with van der Waals surface area (Å²) >= 11 is 0. The van der Waals surface area contributed by atoms with E-state index in [9.17, 15) is 9.90 Å². The Hall–Kier alpha value is -4.05. The largest absolute Gasteiger partial charge is 0.507 e. The van der Waals surface area contributed by atoms with Gasteiger partial charge in [0, 0.05) is 73.3 Å². The van der Waals surface area contributed by atoms with Crippen LogP contribution in [0.3, 0.4) is 0 Å². The lowest BCUT2D eigenvalue weighted by molar-refractivity contribution is -0.124. The molecule has 1 spiro atoms. The normalized spacial score (nSPS) is 27.0. The number of Topliss-reactive ketones (excluding diaryl/α,β-unsaturated/α-hetero) is 1. The van der Waals surface area contributed by atoms with Crippen LogP contribution in [-0.4, -0.2) is 79.7 Å². The van der Waals surface area contributed by atoms with Crippen molar-refractivity contribution in [1.29, 1.82) is 0 Å². The Morgan fingerprint density at radius 1 is 1.00 bits per heavy atom. The smallest absolute Gasteiger partial charge is 0.225 e. The van der Waals surface area contributed by atoms with E-state index in [0.717, 1.165) is 74.7 Å². The van der Waals surface area contributed by atoms with Crippen molar-refractivity contribution >= 4 is 28.5 Å². The molecule has 1 aromatic carbocycles. The highest BCUT2D eigenvalue weighted by Crippen LogP contribution is 2.54. The van der Waals surface area contributed by atoms with E-state index >= 15 is 0 Å². The minimum atomic E-state index is 0.0570. The number of aromatic amines is 1. The third-order valence-corrected chi connectivity index (χ3v) is 11.4. The number of hydrogen-bond acceptors (Lipinski definition) is 9. The molecule has 8 rings (SSSR count). The summed E-state index contributed by atoms with van der Waals surface area (Å²) in [5, 5.41) is 20.3. The number of aromatic nitrogens is 5. The van der Waals surface area contributed by atoms with Crippen molar-refractivity contribution < 1.29 is 9.90 Å². The van der Waals surface area contributed by atoms with Gasteiger partial charge in [0.15, 0.2) is 5.65 Å². The van der Waals surface area contributed by atoms with E-state index < -0.39 is 0 Å². The third kappa shape index (κ3) is 5.03. The second kappa shape index (κ2) is 11.1. The fourth-order valence-corrected chi connectivity index (χ4v) is 8.63. The van der Waals surface area contributed by atoms with Gasteiger partial charge in [-0.15, -0.1) is 10.2 Å². The predicted molar refractivity (Wildman–Crippen MR) is 174 cm³/mol. The topological polar surface area (TPSA) is 114 Å². The molecule has 5 heterocycles. The molecule has 3 aromatic heterocycles. The number of nitrogens with one attached hydrogen (secondary N) is 1. The van der Waals surface area contributed by atoms with Gasteiger partial charge in [0.25, 0.3) is 0 Å². The van der Waals surface area contributed by atoms with Crippen molar-refractivity contribution in [3.8, 4) is 17.0 Å². The van der Waals surface area contributed by atoms with Crippen molar-refractivity contribution in [1.82, 2.24) is 30.0 Å². The Balaban J connectivity index is 0.911. The highest BCUT2D eigenvalue weighted by Gasteiger charge is 2.48. The van der Waals surface area contributed by atoms with Crippen LogP contribution in [-0.2, 0) is 11.2 Å². The Morgan fingerprint density at radius 2 is 1.73 bits per heavy atom. The lowest BCUT2D eigenvalue weighted by Gasteiger charge is -2.56. The Kier molecular flexibility index (Phi) is 7.00. The molecule has 3 fully saturated rings. The van der Waals surface area contributed by atoms with E-state index in [1.807, 2.05) is 36.7 Å². The van der Waals surface area contributed by atoms with Gasteiger partial charge in [-0.3, -0.25) is 9.69 Å². The van der Waals surface area contributed by atoms with Crippen LogP contribution >= 0.6 is 0 Å². The standard InChI is InChI=1S/C35H42N8O2/c1-22-32-28-17-30(27-5-3-4-6-31(27)45)39-40-33(28)38-29(32)9-12-43(22)34-36-20-26(21-37-34)42-15-13-41(14-16-42)25-18-35(19-25)10-7-24(8-11-35)23(2)44/h3-6,17,20-22,24-25,45H,7-16,18-19H2,1-2H3,(H,38,40)/t22-,24?,25?,35?/m1/s1. The molecular weight excluding hydrogens is 564 g/mol. The second-order valence-corrected chi connectivity index (χ2v) is 13.9. The monoisotopic (exact) mass is 606 g/mol. The van der Waals surface area contributed by atoms with Gasteiger partial charge < -0.3 is 19.9 Å². The molecule has 2 N–H and O–H groups in total. The zero-order chi connectivity index (χ0) is 30.7. The predicted octanol–water partition coefficient (Wildman–Crippen LogP) is 5.29. The molecule has 2 aliphatic heterocycles. The zero-order valence-corrected chi connectivity index (χ0v) is 26.2. The molecule has 1 atom stereocenters. The van der Waals surface area contributed by atoms with Crippen LogP contribution in [0.5, 0.6) is 5.75 Å². The molecule has 45 heavy (non-hydrogen) atoms. The van der Waals surface area contributed by atoms with Gasteiger partial charge in [0.05, 0.1) is 29.8 Å². The number of anilines is 2. The number of carbonyl (C=O) groups excluding carboxylic acids is 1. The van der Waals surface area contributed by atoms with Gasteiger partial charge in [-0.1, -0.05) is 12.1 Å². The Morgan fingerprint density at radius 3 is 2.44 bits per heavy atom. The fraction of sp³-hybridized carbons (Fsp3) is 0.514. The van der Waals surface area contributed by atoms with E-state index in [-0.39, 0.29) is 11.8 Å². The number of rotatable bonds is 5. The van der Waals surface area contributed by atoms with E-state index in [1.165, 1.54) is 36.9 Å². The van der Waals surface area contributed by atoms with E-state index in [2.05, 4.69) is 36.8 Å². The van der Waals surface area contributed by atoms with Crippen molar-refractivity contribution in [3.05, 3.63) is 54.0 Å². The van der Waals surface area contributed by atoms with Crippen LogP contribution in [0.25, 0.3) is 22.3 Å². The highest BCUT2D eigenvalue weighted by molar-refractivity contribution is 5.86. The first-order chi connectivity index (χ1) is 21.9. The van der Waals surface area contributed by atoms with E-state index in [1.54, 1.807) is 13.0 Å². The lowest BCUT2D eigenvalue weighted by Crippen LogP contribution is -2.57. The van der Waals surface area contributed by atoms with Crippen molar-refractivity contribution in [3.63, 3.8) is 0 Å². The number of phenolic OH excluding ortho intramolecular Hbond substituents is 1. The molecule has 0 unspecified atom stereocenters. The first-order valence-corrected chi connectivity index (χ1v) is 16.6. The average Bonchev–Trinajstić information content (AvgIpc) is 3.43. The van der Waals surface area contributed by atoms with Crippen molar-refractivity contribution in [2.24, 2.45) is 11.3 Å². The van der Waals surface area contributed by atoms with Crippen LogP contribution in [0, 0.1) is 11.3 Å². The average molecular weight is 607 g/mol. The number of fused-ring (bicyclic) bond motifs is 3. The number of carbonyl (C=O) groups is 1. The SMILES string of the molecule is CC(=O)C1CCC2(CC1)CC(N1CCN(c3cnc(N4CCc5[nH]c6nnc(-c7ccccc7O)cc6c5[C@H]4C)nc3)CC1)C2. The summed E-state index contributed by atoms with van der Waals surface area (Å²) in [7, 11) is 0. The number of nitrogens with zero attached hydrogens (tertiary/aromatic N) is 7. The van der Waals surface area contributed by atoms with Crippen molar-refractivity contribution in [2.75, 3.05) is 42.5 Å². The summed E-state index contributed by atoms with van der Waals surface area (Å²) in [5.41, 5.74) is 6.06. The number of para-hydroxylation sites is 1. The summed E-state index contributed by atoms with van der Waals surface area (Å²) < 4.78 is 0. The minimum Gasteiger partial charge on any atom is -0.507 e. The van der Waals surface area contributed by atoms with Gasteiger partial charge in [-0.2, -0.15) is 0 Å². The third-order valence-electron chi connectivity index (χ3n) is 11.4. The zero-order valence-electron chi connectivity index (χ0n) is 26.2. The number of hydrogen-bond donors (Lipinski definition) is 2. The molecule has 10 heteroatoms. The Labute approximate surface area is 263 Å².